The van der Waals surface area contributed by atoms with Gasteiger partial charge in [-0.2, -0.15) is 0 Å². The van der Waals surface area contributed by atoms with Gasteiger partial charge in [0.15, 0.2) is 0 Å². The minimum Gasteiger partial charge on any atom is -0.396 e. The van der Waals surface area contributed by atoms with Crippen LogP contribution in [0, 0.1) is 6.92 Å². The molecular formula is C7H8N4. The van der Waals surface area contributed by atoms with E-state index < -0.39 is 0 Å². The molecule has 0 radical (unpaired) electrons. The summed E-state index contributed by atoms with van der Waals surface area (Å²) in [6.07, 6.45) is 5.28. The van der Waals surface area contributed by atoms with Gasteiger partial charge >= 0.3 is 0 Å². The zero-order valence-corrected chi connectivity index (χ0v) is 6.15. The fraction of sp³-hybridized carbons (Fsp3) is 0.143. The third-order valence-corrected chi connectivity index (χ3v) is 1.45. The zero-order valence-electron chi connectivity index (χ0n) is 6.15. The SMILES string of the molecule is Cc1cn2cc(N)cnc2n1. The van der Waals surface area contributed by atoms with Crippen LogP contribution >= 0.6 is 0 Å². The van der Waals surface area contributed by atoms with E-state index in [4.69, 9.17) is 5.73 Å². The van der Waals surface area contributed by atoms with E-state index in [-0.39, 0.29) is 0 Å². The second-order valence-electron chi connectivity index (χ2n) is 2.48. The summed E-state index contributed by atoms with van der Waals surface area (Å²) in [6, 6.07) is 0. The lowest BCUT2D eigenvalue weighted by Crippen LogP contribution is -1.91. The fourth-order valence-electron chi connectivity index (χ4n) is 1.02. The predicted molar refractivity (Wildman–Crippen MR) is 42.1 cm³/mol. The van der Waals surface area contributed by atoms with Crippen molar-refractivity contribution in [2.75, 3.05) is 5.73 Å². The molecule has 2 heterocycles. The molecule has 0 aliphatic heterocycles. The van der Waals surface area contributed by atoms with Crippen molar-refractivity contribution in [2.45, 2.75) is 6.92 Å². The average molecular weight is 148 g/mol. The number of nitrogens with two attached hydrogens (primary N) is 1. The molecule has 4 nitrogen and oxygen atoms in total. The lowest BCUT2D eigenvalue weighted by molar-refractivity contribution is 1.11. The quantitative estimate of drug-likeness (QED) is 0.595. The lowest BCUT2D eigenvalue weighted by Gasteiger charge is -1.92. The minimum absolute atomic E-state index is 0.648. The van der Waals surface area contributed by atoms with Gasteiger partial charge in [-0.05, 0) is 6.92 Å². The summed E-state index contributed by atoms with van der Waals surface area (Å²) in [4.78, 5) is 8.18. The van der Waals surface area contributed by atoms with Crippen LogP contribution in [-0.4, -0.2) is 14.4 Å². The maximum absolute atomic E-state index is 5.52. The maximum atomic E-state index is 5.52. The number of aryl methyl sites for hydroxylation is 1. The topological polar surface area (TPSA) is 56.2 Å². The van der Waals surface area contributed by atoms with Crippen LogP contribution in [0.3, 0.4) is 0 Å². The Bertz CT molecular complexity index is 390. The third kappa shape index (κ3) is 0.920. The Morgan fingerprint density at radius 3 is 3.09 bits per heavy atom. The summed E-state index contributed by atoms with van der Waals surface area (Å²) < 4.78 is 1.81. The smallest absolute Gasteiger partial charge is 0.234 e. The molecule has 0 saturated heterocycles. The molecule has 2 aromatic heterocycles. The van der Waals surface area contributed by atoms with E-state index in [9.17, 15) is 0 Å². The molecule has 0 saturated carbocycles. The summed E-state index contributed by atoms with van der Waals surface area (Å²) in [6.45, 7) is 1.92. The maximum Gasteiger partial charge on any atom is 0.234 e. The van der Waals surface area contributed by atoms with Gasteiger partial charge in [0.05, 0.1) is 17.6 Å². The first kappa shape index (κ1) is 6.15. The molecule has 0 atom stereocenters. The van der Waals surface area contributed by atoms with Crippen molar-refractivity contribution in [2.24, 2.45) is 0 Å². The van der Waals surface area contributed by atoms with Gasteiger partial charge in [0.1, 0.15) is 0 Å². The highest BCUT2D eigenvalue weighted by Crippen LogP contribution is 2.03. The van der Waals surface area contributed by atoms with Crippen LogP contribution in [0.2, 0.25) is 0 Å². The fourth-order valence-corrected chi connectivity index (χ4v) is 1.02. The Balaban J connectivity index is 2.82. The molecule has 0 bridgehead atoms. The first-order valence-electron chi connectivity index (χ1n) is 3.32. The largest absolute Gasteiger partial charge is 0.396 e. The third-order valence-electron chi connectivity index (χ3n) is 1.45. The summed E-state index contributed by atoms with van der Waals surface area (Å²) in [5.74, 6) is 0.691. The number of imidazole rings is 1. The second-order valence-corrected chi connectivity index (χ2v) is 2.48. The molecule has 0 spiro atoms. The van der Waals surface area contributed by atoms with Gasteiger partial charge in [0, 0.05) is 12.4 Å². The van der Waals surface area contributed by atoms with Crippen molar-refractivity contribution in [1.82, 2.24) is 14.4 Å². The van der Waals surface area contributed by atoms with Crippen molar-refractivity contribution in [3.63, 3.8) is 0 Å². The van der Waals surface area contributed by atoms with E-state index >= 15 is 0 Å². The first-order chi connectivity index (χ1) is 5.25. The van der Waals surface area contributed by atoms with Crippen LogP contribution in [0.25, 0.3) is 5.78 Å². The molecule has 0 fully saturated rings. The Morgan fingerprint density at radius 2 is 2.27 bits per heavy atom. The van der Waals surface area contributed by atoms with Gasteiger partial charge in [-0.25, -0.2) is 9.97 Å². The van der Waals surface area contributed by atoms with Gasteiger partial charge in [0.2, 0.25) is 5.78 Å². The molecule has 0 aliphatic rings. The molecular weight excluding hydrogens is 140 g/mol. The van der Waals surface area contributed by atoms with Crippen LogP contribution in [-0.2, 0) is 0 Å². The number of hydrogen-bond acceptors (Lipinski definition) is 3. The standard InChI is InChI=1S/C7H8N4/c1-5-3-11-4-6(8)2-9-7(11)10-5/h2-4H,8H2,1H3. The molecule has 2 rings (SSSR count). The highest BCUT2D eigenvalue weighted by atomic mass is 15.1. The van der Waals surface area contributed by atoms with E-state index in [1.54, 1.807) is 12.4 Å². The first-order valence-corrected chi connectivity index (χ1v) is 3.32. The van der Waals surface area contributed by atoms with E-state index in [1.165, 1.54) is 0 Å². The molecule has 0 unspecified atom stereocenters. The van der Waals surface area contributed by atoms with Crippen LogP contribution in [0.1, 0.15) is 5.69 Å². The molecule has 4 heteroatoms. The monoisotopic (exact) mass is 148 g/mol. The average Bonchev–Trinajstić information content (AvgIpc) is 2.27. The molecule has 2 aromatic rings. The normalized spacial score (nSPS) is 10.6. The summed E-state index contributed by atoms with van der Waals surface area (Å²) >= 11 is 0. The Morgan fingerprint density at radius 1 is 1.45 bits per heavy atom. The van der Waals surface area contributed by atoms with Gasteiger partial charge < -0.3 is 5.73 Å². The summed E-state index contributed by atoms with van der Waals surface area (Å²) in [5.41, 5.74) is 7.12. The predicted octanol–water partition coefficient (Wildman–Crippen LogP) is 0.620. The van der Waals surface area contributed by atoms with Crippen molar-refractivity contribution < 1.29 is 0 Å². The zero-order chi connectivity index (χ0) is 7.84. The number of nitrogen functional groups attached to an aromatic ring is 1. The summed E-state index contributed by atoms with van der Waals surface area (Å²) in [7, 11) is 0. The van der Waals surface area contributed by atoms with E-state index in [1.807, 2.05) is 17.5 Å². The summed E-state index contributed by atoms with van der Waals surface area (Å²) in [5, 5.41) is 0. The van der Waals surface area contributed by atoms with Crippen LogP contribution in [0.5, 0.6) is 0 Å². The number of aromatic nitrogens is 3. The van der Waals surface area contributed by atoms with Crippen molar-refractivity contribution in [3.05, 3.63) is 24.3 Å². The van der Waals surface area contributed by atoms with E-state index in [2.05, 4.69) is 9.97 Å². The molecule has 11 heavy (non-hydrogen) atoms. The van der Waals surface area contributed by atoms with Gasteiger partial charge in [-0.1, -0.05) is 0 Å². The Labute approximate surface area is 63.7 Å². The number of anilines is 1. The number of fused-ring (bicyclic) bond motifs is 1. The van der Waals surface area contributed by atoms with Gasteiger partial charge in [-0.3, -0.25) is 4.40 Å². The number of rotatable bonds is 0. The highest BCUT2D eigenvalue weighted by Gasteiger charge is 1.96. The molecule has 2 N–H and O–H groups in total. The van der Waals surface area contributed by atoms with Crippen LogP contribution in [0.15, 0.2) is 18.6 Å². The van der Waals surface area contributed by atoms with Crippen LogP contribution in [0.4, 0.5) is 5.69 Å². The van der Waals surface area contributed by atoms with E-state index in [0.29, 0.717) is 11.5 Å². The van der Waals surface area contributed by atoms with Crippen LogP contribution < -0.4 is 5.73 Å². The molecule has 0 aromatic carbocycles. The Hall–Kier alpha value is -1.58. The van der Waals surface area contributed by atoms with Crippen molar-refractivity contribution in [3.8, 4) is 0 Å². The molecule has 56 valence electrons. The molecule has 0 amide bonds. The van der Waals surface area contributed by atoms with Crippen molar-refractivity contribution >= 4 is 11.5 Å². The molecule has 0 aliphatic carbocycles. The Kier molecular flexibility index (Phi) is 1.09. The van der Waals surface area contributed by atoms with E-state index in [0.717, 1.165) is 5.69 Å². The lowest BCUT2D eigenvalue weighted by atomic mass is 10.5. The highest BCUT2D eigenvalue weighted by molar-refractivity contribution is 5.39. The second kappa shape index (κ2) is 1.95. The van der Waals surface area contributed by atoms with Crippen molar-refractivity contribution in [1.29, 1.82) is 0 Å². The van der Waals surface area contributed by atoms with Gasteiger partial charge in [-0.15, -0.1) is 0 Å². The number of hydrogen-bond donors (Lipinski definition) is 1. The number of nitrogens with zero attached hydrogens (tertiary/aromatic N) is 3. The van der Waals surface area contributed by atoms with Gasteiger partial charge in [0.25, 0.3) is 0 Å². The minimum atomic E-state index is 0.648.